The summed E-state index contributed by atoms with van der Waals surface area (Å²) in [6.07, 6.45) is 5.25. The molecular weight excluding hydrogens is 422 g/mol. The highest BCUT2D eigenvalue weighted by Crippen LogP contribution is 2.40. The second kappa shape index (κ2) is 7.89. The summed E-state index contributed by atoms with van der Waals surface area (Å²) in [6.45, 7) is 6.04. The average Bonchev–Trinajstić information content (AvgIpc) is 3.04. The van der Waals surface area contributed by atoms with Crippen LogP contribution in [0.2, 0.25) is 0 Å². The molecule has 2 aliphatic rings. The van der Waals surface area contributed by atoms with Gasteiger partial charge < -0.3 is 9.47 Å². The summed E-state index contributed by atoms with van der Waals surface area (Å²) in [5.41, 5.74) is 1.94. The van der Waals surface area contributed by atoms with Crippen molar-refractivity contribution in [2.24, 2.45) is 0 Å². The van der Waals surface area contributed by atoms with Gasteiger partial charge >= 0.3 is 5.97 Å². The van der Waals surface area contributed by atoms with Crippen molar-refractivity contribution in [1.29, 1.82) is 0 Å². The van der Waals surface area contributed by atoms with Gasteiger partial charge in [0.25, 0.3) is 10.0 Å². The fourth-order valence-electron chi connectivity index (χ4n) is 4.04. The molecule has 0 unspecified atom stereocenters. The molecule has 30 heavy (non-hydrogen) atoms. The van der Waals surface area contributed by atoms with E-state index in [-0.39, 0.29) is 17.1 Å². The maximum Gasteiger partial charge on any atom is 0.341 e. The molecule has 2 aromatic rings. The molecule has 162 valence electrons. The second-order valence-corrected chi connectivity index (χ2v) is 11.2. The largest absolute Gasteiger partial charge is 0.488 e. The van der Waals surface area contributed by atoms with E-state index in [9.17, 15) is 13.2 Å². The van der Waals surface area contributed by atoms with Gasteiger partial charge in [-0.3, -0.25) is 4.72 Å². The van der Waals surface area contributed by atoms with Crippen LogP contribution in [0.3, 0.4) is 0 Å². The van der Waals surface area contributed by atoms with Crippen molar-refractivity contribution in [1.82, 2.24) is 0 Å². The molecule has 0 bridgehead atoms. The predicted molar refractivity (Wildman–Crippen MR) is 117 cm³/mol. The van der Waals surface area contributed by atoms with Crippen molar-refractivity contribution in [3.63, 3.8) is 0 Å². The molecule has 0 radical (unpaired) electrons. The number of aryl methyl sites for hydroxylation is 2. The number of hydrogen-bond donors (Lipinski definition) is 1. The number of benzene rings is 1. The smallest absolute Gasteiger partial charge is 0.341 e. The molecule has 2 heterocycles. The first-order chi connectivity index (χ1) is 14.2. The van der Waals surface area contributed by atoms with Crippen LogP contribution in [0.1, 0.15) is 66.4 Å². The Labute approximate surface area is 181 Å². The second-order valence-electron chi connectivity index (χ2n) is 8.37. The third kappa shape index (κ3) is 4.07. The summed E-state index contributed by atoms with van der Waals surface area (Å²) < 4.78 is 40.2. The van der Waals surface area contributed by atoms with E-state index in [1.54, 1.807) is 25.1 Å². The van der Waals surface area contributed by atoms with Crippen LogP contribution in [-0.2, 0) is 34.0 Å². The summed E-state index contributed by atoms with van der Waals surface area (Å²) in [7, 11) is -3.85. The fourth-order valence-corrected chi connectivity index (χ4v) is 6.67. The molecule has 1 N–H and O–H groups in total. The average molecular weight is 450 g/mol. The standard InChI is InChI=1S/C22H27NO5S2/c1-4-27-21(24)19-16-7-5-6-8-18(16)29-20(19)23-30(25,26)15-9-10-17-14(13-15)11-12-22(2,3)28-17/h9-10,13,23H,4-8,11-12H2,1-3H3. The number of fused-ring (bicyclic) bond motifs is 2. The van der Waals surface area contributed by atoms with Gasteiger partial charge in [0.15, 0.2) is 0 Å². The Balaban J connectivity index is 1.67. The van der Waals surface area contributed by atoms with Crippen molar-refractivity contribution >= 4 is 32.3 Å². The topological polar surface area (TPSA) is 81.7 Å². The predicted octanol–water partition coefficient (Wildman–Crippen LogP) is 4.71. The molecule has 0 amide bonds. The molecule has 0 spiro atoms. The van der Waals surface area contributed by atoms with Crippen LogP contribution in [-0.4, -0.2) is 26.6 Å². The molecule has 8 heteroatoms. The zero-order chi connectivity index (χ0) is 21.5. The maximum absolute atomic E-state index is 13.2. The van der Waals surface area contributed by atoms with Crippen LogP contribution in [0.4, 0.5) is 5.00 Å². The van der Waals surface area contributed by atoms with Crippen LogP contribution in [0.5, 0.6) is 5.75 Å². The van der Waals surface area contributed by atoms with Gasteiger partial charge in [0, 0.05) is 4.88 Å². The van der Waals surface area contributed by atoms with Crippen LogP contribution < -0.4 is 9.46 Å². The van der Waals surface area contributed by atoms with Gasteiger partial charge in [-0.15, -0.1) is 11.3 Å². The molecule has 1 aliphatic carbocycles. The Hall–Kier alpha value is -2.06. The number of hydrogen-bond acceptors (Lipinski definition) is 6. The number of ether oxygens (including phenoxy) is 2. The minimum atomic E-state index is -3.85. The number of nitrogens with one attached hydrogen (secondary N) is 1. The Morgan fingerprint density at radius 2 is 2.00 bits per heavy atom. The highest BCUT2D eigenvalue weighted by Gasteiger charge is 2.31. The van der Waals surface area contributed by atoms with Crippen molar-refractivity contribution in [2.75, 3.05) is 11.3 Å². The molecule has 4 rings (SSSR count). The third-order valence-electron chi connectivity index (χ3n) is 5.60. The van der Waals surface area contributed by atoms with E-state index in [0.29, 0.717) is 10.6 Å². The van der Waals surface area contributed by atoms with Crippen LogP contribution >= 0.6 is 11.3 Å². The van der Waals surface area contributed by atoms with E-state index in [4.69, 9.17) is 9.47 Å². The number of thiophene rings is 1. The number of rotatable bonds is 5. The highest BCUT2D eigenvalue weighted by molar-refractivity contribution is 7.93. The van der Waals surface area contributed by atoms with Gasteiger partial charge in [-0.1, -0.05) is 0 Å². The Morgan fingerprint density at radius 3 is 2.77 bits per heavy atom. The van der Waals surface area contributed by atoms with Crippen molar-refractivity contribution < 1.29 is 22.7 Å². The van der Waals surface area contributed by atoms with Crippen molar-refractivity contribution in [2.45, 2.75) is 69.8 Å². The van der Waals surface area contributed by atoms with E-state index in [1.165, 1.54) is 11.3 Å². The zero-order valence-electron chi connectivity index (χ0n) is 17.5. The number of carbonyl (C=O) groups is 1. The van der Waals surface area contributed by atoms with Gasteiger partial charge in [0.2, 0.25) is 0 Å². The van der Waals surface area contributed by atoms with Crippen molar-refractivity contribution in [3.8, 4) is 5.75 Å². The molecule has 1 aliphatic heterocycles. The SMILES string of the molecule is CCOC(=O)c1c(NS(=O)(=O)c2ccc3c(c2)CCC(C)(C)O3)sc2c1CCCC2. The Bertz CT molecular complexity index is 1090. The third-order valence-corrected chi connectivity index (χ3v) is 8.29. The van der Waals surface area contributed by atoms with Crippen LogP contribution in [0.15, 0.2) is 23.1 Å². The van der Waals surface area contributed by atoms with Crippen LogP contribution in [0.25, 0.3) is 0 Å². The van der Waals surface area contributed by atoms with Gasteiger partial charge in [-0.05, 0) is 88.6 Å². The quantitative estimate of drug-likeness (QED) is 0.669. The van der Waals surface area contributed by atoms with Crippen LogP contribution in [0, 0.1) is 0 Å². The lowest BCUT2D eigenvalue weighted by Crippen LogP contribution is -2.32. The fraction of sp³-hybridized carbons (Fsp3) is 0.500. The number of carbonyl (C=O) groups excluding carboxylic acids is 1. The molecular formula is C22H27NO5S2. The molecule has 0 saturated heterocycles. The molecule has 0 saturated carbocycles. The lowest BCUT2D eigenvalue weighted by molar-refractivity contribution is 0.0526. The Morgan fingerprint density at radius 1 is 1.23 bits per heavy atom. The molecule has 0 atom stereocenters. The number of anilines is 1. The first-order valence-electron chi connectivity index (χ1n) is 10.4. The van der Waals surface area contributed by atoms with E-state index in [2.05, 4.69) is 4.72 Å². The van der Waals surface area contributed by atoms with Gasteiger partial charge in [0.05, 0.1) is 17.1 Å². The summed E-state index contributed by atoms with van der Waals surface area (Å²) in [5, 5.41) is 0.357. The van der Waals surface area contributed by atoms with E-state index < -0.39 is 16.0 Å². The Kier molecular flexibility index (Phi) is 5.57. The minimum Gasteiger partial charge on any atom is -0.488 e. The summed E-state index contributed by atoms with van der Waals surface area (Å²) in [6, 6.07) is 4.95. The van der Waals surface area contributed by atoms with E-state index in [0.717, 1.165) is 60.3 Å². The first-order valence-corrected chi connectivity index (χ1v) is 12.7. The maximum atomic E-state index is 13.2. The highest BCUT2D eigenvalue weighted by atomic mass is 32.2. The number of esters is 1. The molecule has 0 fully saturated rings. The summed E-state index contributed by atoms with van der Waals surface area (Å²) in [4.78, 5) is 13.9. The van der Waals surface area contributed by atoms with E-state index in [1.807, 2.05) is 13.8 Å². The zero-order valence-corrected chi connectivity index (χ0v) is 19.2. The lowest BCUT2D eigenvalue weighted by atomic mass is 9.94. The minimum absolute atomic E-state index is 0.172. The number of sulfonamides is 1. The van der Waals surface area contributed by atoms with Gasteiger partial charge in [0.1, 0.15) is 16.4 Å². The lowest BCUT2D eigenvalue weighted by Gasteiger charge is -2.32. The normalized spacial score (nSPS) is 17.4. The monoisotopic (exact) mass is 449 g/mol. The molecule has 1 aromatic carbocycles. The van der Waals surface area contributed by atoms with Gasteiger partial charge in [-0.2, -0.15) is 0 Å². The van der Waals surface area contributed by atoms with E-state index >= 15 is 0 Å². The summed E-state index contributed by atoms with van der Waals surface area (Å²) in [5.74, 6) is 0.264. The molecule has 6 nitrogen and oxygen atoms in total. The van der Waals surface area contributed by atoms with Crippen molar-refractivity contribution in [3.05, 3.63) is 39.8 Å². The first kappa shape index (κ1) is 21.2. The summed E-state index contributed by atoms with van der Waals surface area (Å²) >= 11 is 1.35. The van der Waals surface area contributed by atoms with Gasteiger partial charge in [-0.25, -0.2) is 13.2 Å². The molecule has 1 aromatic heterocycles.